The molecule has 0 aliphatic carbocycles. The maximum Gasteiger partial charge on any atom is 0.228 e. The Morgan fingerprint density at radius 3 is 2.46 bits per heavy atom. The minimum Gasteiger partial charge on any atom is -0.382 e. The molecule has 188 valence electrons. The molecular weight excluding hydrogens is 475 g/mol. The van der Waals surface area contributed by atoms with Gasteiger partial charge < -0.3 is 14.5 Å². The highest BCUT2D eigenvalue weighted by atomic mass is 19.1. The Labute approximate surface area is 213 Å². The predicted octanol–water partition coefficient (Wildman–Crippen LogP) is 1.63. The molecule has 37 heavy (non-hydrogen) atoms. The number of hydrogen-bond donors (Lipinski definition) is 0. The number of ether oxygens (including phenoxy) is 1. The summed E-state index contributed by atoms with van der Waals surface area (Å²) >= 11 is 0. The van der Waals surface area contributed by atoms with Gasteiger partial charge in [-0.05, 0) is 12.1 Å². The van der Waals surface area contributed by atoms with Crippen LogP contribution in [0.5, 0.6) is 0 Å². The van der Waals surface area contributed by atoms with Crippen LogP contribution in [0, 0.1) is 11.8 Å². The number of anilines is 2. The Hall–Kier alpha value is -4.50. The minimum absolute atomic E-state index is 0.0534. The van der Waals surface area contributed by atoms with E-state index in [9.17, 15) is 4.39 Å². The van der Waals surface area contributed by atoms with E-state index >= 15 is 0 Å². The molecule has 1 fully saturated rings. The molecular formula is C25H25FN10O. The number of alkyl halides is 1. The van der Waals surface area contributed by atoms with Gasteiger partial charge in [0.05, 0.1) is 36.6 Å². The Morgan fingerprint density at radius 1 is 0.946 bits per heavy atom. The topological polar surface area (TPSA) is 111 Å². The molecule has 4 aromatic heterocycles. The Morgan fingerprint density at radius 2 is 1.73 bits per heavy atom. The second-order valence-corrected chi connectivity index (χ2v) is 8.32. The lowest BCUT2D eigenvalue weighted by molar-refractivity contribution is 0.173. The number of piperazine rings is 1. The molecule has 1 atom stereocenters. The van der Waals surface area contributed by atoms with Gasteiger partial charge >= 0.3 is 0 Å². The highest BCUT2D eigenvalue weighted by Gasteiger charge is 2.30. The van der Waals surface area contributed by atoms with Crippen LogP contribution in [-0.4, -0.2) is 85.8 Å². The summed E-state index contributed by atoms with van der Waals surface area (Å²) < 4.78 is 19.5. The number of nitrogens with zero attached hydrogens (tertiary/aromatic N) is 10. The first-order chi connectivity index (χ1) is 18.2. The third-order valence-electron chi connectivity index (χ3n) is 5.86. The fraction of sp³-hybridized carbons (Fsp3) is 0.320. The molecule has 0 bridgehead atoms. The van der Waals surface area contributed by atoms with Crippen molar-refractivity contribution >= 4 is 11.9 Å². The smallest absolute Gasteiger partial charge is 0.228 e. The third-order valence-corrected chi connectivity index (χ3v) is 5.86. The molecule has 12 heteroatoms. The normalized spacial score (nSPS) is 15.4. The molecule has 0 amide bonds. The van der Waals surface area contributed by atoms with Crippen LogP contribution in [0.1, 0.15) is 11.1 Å². The summed E-state index contributed by atoms with van der Waals surface area (Å²) in [6, 6.07) is 3.81. The summed E-state index contributed by atoms with van der Waals surface area (Å²) in [5, 5.41) is 4.13. The number of aryl methyl sites for hydroxylation is 1. The zero-order chi connectivity index (χ0) is 25.5. The molecule has 11 nitrogen and oxygen atoms in total. The van der Waals surface area contributed by atoms with Crippen molar-refractivity contribution in [1.29, 1.82) is 0 Å². The van der Waals surface area contributed by atoms with Gasteiger partial charge in [0.1, 0.15) is 19.3 Å². The molecule has 0 aromatic carbocycles. The monoisotopic (exact) mass is 500 g/mol. The van der Waals surface area contributed by atoms with Crippen molar-refractivity contribution in [2.24, 2.45) is 0 Å². The molecule has 1 aliphatic rings. The summed E-state index contributed by atoms with van der Waals surface area (Å²) in [4.78, 5) is 30.2. The number of rotatable bonds is 7. The van der Waals surface area contributed by atoms with Crippen LogP contribution in [0.15, 0.2) is 55.8 Å². The first kappa shape index (κ1) is 24.2. The van der Waals surface area contributed by atoms with E-state index in [-0.39, 0.29) is 12.6 Å². The van der Waals surface area contributed by atoms with Crippen molar-refractivity contribution < 1.29 is 9.13 Å². The Bertz CT molecular complexity index is 1350. The first-order valence-electron chi connectivity index (χ1n) is 11.7. The predicted molar refractivity (Wildman–Crippen MR) is 134 cm³/mol. The minimum atomic E-state index is -0.458. The molecule has 1 saturated heterocycles. The summed E-state index contributed by atoms with van der Waals surface area (Å²) in [6.07, 6.45) is 11.6. The van der Waals surface area contributed by atoms with Gasteiger partial charge in [-0.2, -0.15) is 5.10 Å². The fourth-order valence-corrected chi connectivity index (χ4v) is 4.05. The first-order valence-corrected chi connectivity index (χ1v) is 11.7. The molecule has 0 spiro atoms. The van der Waals surface area contributed by atoms with Crippen molar-refractivity contribution in [1.82, 2.24) is 39.7 Å². The molecule has 0 unspecified atom stereocenters. The van der Waals surface area contributed by atoms with Crippen LogP contribution >= 0.6 is 0 Å². The van der Waals surface area contributed by atoms with Crippen molar-refractivity contribution in [3.8, 4) is 23.1 Å². The summed E-state index contributed by atoms with van der Waals surface area (Å²) in [7, 11) is 1.68. The molecule has 0 radical (unpaired) electrons. The molecule has 5 heterocycles. The summed E-state index contributed by atoms with van der Waals surface area (Å²) in [5.74, 6) is 7.46. The van der Waals surface area contributed by atoms with E-state index in [2.05, 4.69) is 56.6 Å². The van der Waals surface area contributed by atoms with Gasteiger partial charge in [0.2, 0.25) is 11.9 Å². The van der Waals surface area contributed by atoms with E-state index in [1.165, 1.54) is 12.7 Å². The van der Waals surface area contributed by atoms with Gasteiger partial charge in [0.25, 0.3) is 0 Å². The van der Waals surface area contributed by atoms with E-state index in [0.29, 0.717) is 37.2 Å². The van der Waals surface area contributed by atoms with E-state index in [1.54, 1.807) is 42.8 Å². The van der Waals surface area contributed by atoms with Gasteiger partial charge in [0.15, 0.2) is 0 Å². The van der Waals surface area contributed by atoms with Gasteiger partial charge in [-0.1, -0.05) is 11.8 Å². The lowest BCUT2D eigenvalue weighted by Crippen LogP contribution is -2.56. The van der Waals surface area contributed by atoms with Crippen LogP contribution in [0.4, 0.5) is 16.3 Å². The number of halogens is 1. The van der Waals surface area contributed by atoms with Gasteiger partial charge in [-0.25, -0.2) is 29.3 Å². The Balaban J connectivity index is 1.22. The maximum absolute atomic E-state index is 12.5. The van der Waals surface area contributed by atoms with Crippen LogP contribution in [-0.2, 0) is 11.3 Å². The van der Waals surface area contributed by atoms with E-state index in [1.807, 2.05) is 12.1 Å². The van der Waals surface area contributed by atoms with Crippen LogP contribution < -0.4 is 9.80 Å². The molecule has 4 aromatic rings. The maximum atomic E-state index is 12.5. The largest absolute Gasteiger partial charge is 0.382 e. The van der Waals surface area contributed by atoms with Gasteiger partial charge in [-0.15, -0.1) is 0 Å². The number of methoxy groups -OCH3 is 1. The van der Waals surface area contributed by atoms with Crippen molar-refractivity contribution in [2.45, 2.75) is 12.6 Å². The molecule has 0 saturated carbocycles. The third kappa shape index (κ3) is 5.84. The highest BCUT2D eigenvalue weighted by molar-refractivity contribution is 5.57. The molecule has 0 N–H and O–H groups in total. The van der Waals surface area contributed by atoms with E-state index in [4.69, 9.17) is 4.74 Å². The van der Waals surface area contributed by atoms with Crippen LogP contribution in [0.3, 0.4) is 0 Å². The number of pyridine rings is 1. The van der Waals surface area contributed by atoms with Crippen molar-refractivity contribution in [3.63, 3.8) is 0 Å². The molecule has 5 rings (SSSR count). The van der Waals surface area contributed by atoms with Crippen LogP contribution in [0.2, 0.25) is 0 Å². The van der Waals surface area contributed by atoms with E-state index in [0.717, 1.165) is 23.4 Å². The SMILES string of the molecule is COC[C@H]1CN(c2ncc(C#Cc3ccc(-c4cnn(CCF)c4)nc3)cn2)CCN1c1ncncn1. The highest BCUT2D eigenvalue weighted by Crippen LogP contribution is 2.19. The number of hydrogen-bond acceptors (Lipinski definition) is 10. The van der Waals surface area contributed by atoms with E-state index < -0.39 is 6.67 Å². The van der Waals surface area contributed by atoms with Gasteiger partial charge in [0, 0.05) is 62.7 Å². The zero-order valence-corrected chi connectivity index (χ0v) is 20.3. The standard InChI is InChI=1S/C25H25FN10O/c1-37-16-22-15-34(8-9-36(22)25-31-17-27-18-32-25)24-29-11-20(12-30-24)3-2-19-4-5-23(28-10-19)21-13-33-35(14-21)7-6-26/h4-5,10-14,17-18,22H,6-9,15-16H2,1H3/t22-/m1/s1. The van der Waals surface area contributed by atoms with Gasteiger partial charge in [-0.3, -0.25) is 9.67 Å². The number of aromatic nitrogens is 8. The average molecular weight is 501 g/mol. The quantitative estimate of drug-likeness (QED) is 0.347. The summed E-state index contributed by atoms with van der Waals surface area (Å²) in [5.41, 5.74) is 3.06. The Kier molecular flexibility index (Phi) is 7.52. The van der Waals surface area contributed by atoms with Crippen LogP contribution in [0.25, 0.3) is 11.3 Å². The molecule has 1 aliphatic heterocycles. The second-order valence-electron chi connectivity index (χ2n) is 8.32. The zero-order valence-electron chi connectivity index (χ0n) is 20.3. The van der Waals surface area contributed by atoms with Crippen molar-refractivity contribution in [2.75, 3.05) is 49.8 Å². The average Bonchev–Trinajstić information content (AvgIpc) is 3.42. The van der Waals surface area contributed by atoms with Crippen molar-refractivity contribution in [3.05, 3.63) is 66.9 Å². The fourth-order valence-electron chi connectivity index (χ4n) is 4.05. The summed E-state index contributed by atoms with van der Waals surface area (Å²) in [6.45, 7) is 2.41. The second kappa shape index (κ2) is 11.5. The lowest BCUT2D eigenvalue weighted by atomic mass is 10.2. The lowest BCUT2D eigenvalue weighted by Gasteiger charge is -2.40.